The average Bonchev–Trinajstić information content (AvgIpc) is 2.87. The number of piperidine rings is 1. The quantitative estimate of drug-likeness (QED) is 0.445. The van der Waals surface area contributed by atoms with Gasteiger partial charge in [-0.2, -0.15) is 0 Å². The molecule has 1 aromatic rings. The highest BCUT2D eigenvalue weighted by Gasteiger charge is 2.53. The summed E-state index contributed by atoms with van der Waals surface area (Å²) in [6, 6.07) is 8.00. The second-order valence-electron chi connectivity index (χ2n) is 10.8. The fourth-order valence-corrected chi connectivity index (χ4v) is 5.51. The van der Waals surface area contributed by atoms with Crippen LogP contribution in [0, 0.1) is 5.92 Å². The standard InChI is InChI=1S/C29H48N4O3/c1-6-9-16-33-27(34)26(21-23(4)5)30-28(35)29(33)14-17-32(18-15-29)22-24-10-12-25(13-11-24)36-20-19-31(7-2)8-3/h10-13,23,26H,6-9,14-22H2,1-5H3,(H,30,35). The Hall–Kier alpha value is -2.12. The number of unbranched alkanes of at least 4 members (excludes halogenated alkanes) is 1. The van der Waals surface area contributed by atoms with E-state index in [9.17, 15) is 9.59 Å². The van der Waals surface area contributed by atoms with Crippen LogP contribution < -0.4 is 10.1 Å². The number of likely N-dealkylation sites (tertiary alicyclic amines) is 1. The maximum absolute atomic E-state index is 13.4. The van der Waals surface area contributed by atoms with Crippen molar-refractivity contribution in [1.29, 1.82) is 0 Å². The molecule has 2 aliphatic rings. The van der Waals surface area contributed by atoms with Gasteiger partial charge in [0.15, 0.2) is 0 Å². The predicted octanol–water partition coefficient (Wildman–Crippen LogP) is 3.92. The summed E-state index contributed by atoms with van der Waals surface area (Å²) in [6.07, 6.45) is 4.02. The van der Waals surface area contributed by atoms with Gasteiger partial charge < -0.3 is 19.9 Å². The van der Waals surface area contributed by atoms with Gasteiger partial charge in [0.05, 0.1) is 0 Å². The van der Waals surface area contributed by atoms with E-state index >= 15 is 0 Å². The second-order valence-corrected chi connectivity index (χ2v) is 10.8. The number of carbonyl (C=O) groups excluding carboxylic acids is 2. The smallest absolute Gasteiger partial charge is 0.246 e. The van der Waals surface area contributed by atoms with Gasteiger partial charge in [-0.05, 0) is 62.4 Å². The molecule has 2 saturated heterocycles. The van der Waals surface area contributed by atoms with Crippen LogP contribution in [0.2, 0.25) is 0 Å². The Labute approximate surface area is 218 Å². The van der Waals surface area contributed by atoms with E-state index in [1.54, 1.807) is 0 Å². The highest BCUT2D eigenvalue weighted by atomic mass is 16.5. The monoisotopic (exact) mass is 500 g/mol. The molecule has 2 aliphatic heterocycles. The molecule has 1 unspecified atom stereocenters. The van der Waals surface area contributed by atoms with E-state index in [2.05, 4.69) is 74.0 Å². The molecule has 36 heavy (non-hydrogen) atoms. The van der Waals surface area contributed by atoms with Crippen molar-refractivity contribution in [2.45, 2.75) is 84.8 Å². The van der Waals surface area contributed by atoms with Crippen LogP contribution in [0.25, 0.3) is 0 Å². The van der Waals surface area contributed by atoms with Crippen molar-refractivity contribution in [2.75, 3.05) is 45.9 Å². The molecule has 0 saturated carbocycles. The summed E-state index contributed by atoms with van der Waals surface area (Å²) in [6.45, 7) is 17.5. The molecule has 3 rings (SSSR count). The molecule has 1 aromatic carbocycles. The van der Waals surface area contributed by atoms with E-state index in [0.29, 0.717) is 38.3 Å². The SMILES string of the molecule is CCCCN1C(=O)C(CC(C)C)NC(=O)C12CCN(Cc1ccc(OCCN(CC)CC)cc1)CC2. The predicted molar refractivity (Wildman–Crippen MR) is 145 cm³/mol. The van der Waals surface area contributed by atoms with Gasteiger partial charge in [0.2, 0.25) is 11.8 Å². The van der Waals surface area contributed by atoms with Gasteiger partial charge in [-0.1, -0.05) is 53.2 Å². The summed E-state index contributed by atoms with van der Waals surface area (Å²) >= 11 is 0. The molecule has 2 amide bonds. The van der Waals surface area contributed by atoms with Crippen LogP contribution in [0.4, 0.5) is 0 Å². The Morgan fingerprint density at radius 1 is 1.08 bits per heavy atom. The lowest BCUT2D eigenvalue weighted by Crippen LogP contribution is -2.73. The Kier molecular flexibility index (Phi) is 10.6. The van der Waals surface area contributed by atoms with Crippen LogP contribution in [0.3, 0.4) is 0 Å². The number of nitrogens with zero attached hydrogens (tertiary/aromatic N) is 3. The second kappa shape index (κ2) is 13.4. The minimum Gasteiger partial charge on any atom is -0.492 e. The van der Waals surface area contributed by atoms with Crippen LogP contribution in [-0.4, -0.2) is 84.0 Å². The van der Waals surface area contributed by atoms with Gasteiger partial charge in [0.25, 0.3) is 0 Å². The van der Waals surface area contributed by atoms with Crippen LogP contribution >= 0.6 is 0 Å². The lowest BCUT2D eigenvalue weighted by atomic mass is 9.80. The first kappa shape index (κ1) is 28.5. The summed E-state index contributed by atoms with van der Waals surface area (Å²) in [5.74, 6) is 1.43. The number of hydrogen-bond acceptors (Lipinski definition) is 5. The van der Waals surface area contributed by atoms with E-state index in [4.69, 9.17) is 4.74 Å². The van der Waals surface area contributed by atoms with Gasteiger partial charge in [-0.3, -0.25) is 14.5 Å². The molecule has 1 atom stereocenters. The summed E-state index contributed by atoms with van der Waals surface area (Å²) in [5, 5.41) is 3.10. The maximum Gasteiger partial charge on any atom is 0.246 e. The van der Waals surface area contributed by atoms with Crippen molar-refractivity contribution in [3.63, 3.8) is 0 Å². The third kappa shape index (κ3) is 7.00. The van der Waals surface area contributed by atoms with Crippen molar-refractivity contribution in [2.24, 2.45) is 5.92 Å². The number of amides is 2. The van der Waals surface area contributed by atoms with E-state index < -0.39 is 5.54 Å². The largest absolute Gasteiger partial charge is 0.492 e. The normalized spacial score (nSPS) is 20.4. The fraction of sp³-hybridized carbons (Fsp3) is 0.724. The number of benzene rings is 1. The van der Waals surface area contributed by atoms with Gasteiger partial charge in [-0.25, -0.2) is 0 Å². The lowest BCUT2D eigenvalue weighted by Gasteiger charge is -2.52. The number of piperazine rings is 1. The van der Waals surface area contributed by atoms with E-state index in [1.807, 2.05) is 4.90 Å². The third-order valence-electron chi connectivity index (χ3n) is 7.83. The number of nitrogens with one attached hydrogen (secondary N) is 1. The van der Waals surface area contributed by atoms with Crippen LogP contribution in [-0.2, 0) is 16.1 Å². The van der Waals surface area contributed by atoms with E-state index in [-0.39, 0.29) is 17.9 Å². The van der Waals surface area contributed by atoms with Crippen LogP contribution in [0.1, 0.15) is 72.3 Å². The zero-order chi connectivity index (χ0) is 26.1. The topological polar surface area (TPSA) is 65.1 Å². The van der Waals surface area contributed by atoms with Crippen molar-refractivity contribution in [1.82, 2.24) is 20.0 Å². The van der Waals surface area contributed by atoms with Crippen LogP contribution in [0.15, 0.2) is 24.3 Å². The van der Waals surface area contributed by atoms with Gasteiger partial charge in [-0.15, -0.1) is 0 Å². The first-order valence-corrected chi connectivity index (χ1v) is 14.1. The van der Waals surface area contributed by atoms with E-state index in [0.717, 1.165) is 57.9 Å². The fourth-order valence-electron chi connectivity index (χ4n) is 5.51. The van der Waals surface area contributed by atoms with Crippen LogP contribution in [0.5, 0.6) is 5.75 Å². The summed E-state index contributed by atoms with van der Waals surface area (Å²) in [5.41, 5.74) is 0.546. The summed E-state index contributed by atoms with van der Waals surface area (Å²) in [7, 11) is 0. The molecule has 0 bridgehead atoms. The van der Waals surface area contributed by atoms with Gasteiger partial charge in [0.1, 0.15) is 23.9 Å². The van der Waals surface area contributed by atoms with Crippen molar-refractivity contribution < 1.29 is 14.3 Å². The number of carbonyl (C=O) groups is 2. The molecule has 2 heterocycles. The number of likely N-dealkylation sites (N-methyl/N-ethyl adjacent to an activating group) is 1. The average molecular weight is 501 g/mol. The minimum absolute atomic E-state index is 0.0507. The molecule has 1 spiro atoms. The Morgan fingerprint density at radius 2 is 1.75 bits per heavy atom. The molecular formula is C29H48N4O3. The molecule has 0 aliphatic carbocycles. The van der Waals surface area contributed by atoms with Crippen molar-refractivity contribution >= 4 is 11.8 Å². The van der Waals surface area contributed by atoms with Crippen molar-refractivity contribution in [3.05, 3.63) is 29.8 Å². The lowest BCUT2D eigenvalue weighted by molar-refractivity contribution is -0.161. The first-order chi connectivity index (χ1) is 17.3. The number of rotatable bonds is 13. The minimum atomic E-state index is -0.696. The molecular weight excluding hydrogens is 452 g/mol. The first-order valence-electron chi connectivity index (χ1n) is 14.1. The number of ether oxygens (including phenoxy) is 1. The molecule has 202 valence electrons. The molecule has 2 fully saturated rings. The summed E-state index contributed by atoms with van der Waals surface area (Å²) < 4.78 is 5.92. The Bertz CT molecular complexity index is 829. The molecule has 0 aromatic heterocycles. The highest BCUT2D eigenvalue weighted by Crippen LogP contribution is 2.34. The van der Waals surface area contributed by atoms with Gasteiger partial charge >= 0.3 is 0 Å². The third-order valence-corrected chi connectivity index (χ3v) is 7.83. The zero-order valence-corrected chi connectivity index (χ0v) is 23.2. The van der Waals surface area contributed by atoms with Crippen molar-refractivity contribution in [3.8, 4) is 5.75 Å². The summed E-state index contributed by atoms with van der Waals surface area (Å²) in [4.78, 5) is 33.5. The molecule has 7 nitrogen and oxygen atoms in total. The number of hydrogen-bond donors (Lipinski definition) is 1. The molecule has 0 radical (unpaired) electrons. The van der Waals surface area contributed by atoms with Gasteiger partial charge in [0, 0.05) is 32.7 Å². The Morgan fingerprint density at radius 3 is 2.33 bits per heavy atom. The molecule has 1 N–H and O–H groups in total. The zero-order valence-electron chi connectivity index (χ0n) is 23.2. The highest BCUT2D eigenvalue weighted by molar-refractivity contribution is 6.00. The van der Waals surface area contributed by atoms with E-state index in [1.165, 1.54) is 5.56 Å². The maximum atomic E-state index is 13.4. The Balaban J connectivity index is 1.57. The molecule has 7 heteroatoms.